The van der Waals surface area contributed by atoms with E-state index in [2.05, 4.69) is 20.6 Å². The molecule has 1 aromatic carbocycles. The summed E-state index contributed by atoms with van der Waals surface area (Å²) in [6.07, 6.45) is 6.64. The molecule has 3 aromatic rings. The van der Waals surface area contributed by atoms with Crippen LogP contribution >= 0.6 is 0 Å². The Morgan fingerprint density at radius 1 is 1.23 bits per heavy atom. The van der Waals surface area contributed by atoms with Crippen LogP contribution in [-0.2, 0) is 0 Å². The number of carbonyl (C=O) groups is 2. The molecule has 7 heteroatoms. The fourth-order valence-corrected chi connectivity index (χ4v) is 4.33. The van der Waals surface area contributed by atoms with Crippen LogP contribution in [-0.4, -0.2) is 42.0 Å². The molecule has 0 atom stereocenters. The van der Waals surface area contributed by atoms with Crippen LogP contribution in [0.3, 0.4) is 0 Å². The van der Waals surface area contributed by atoms with E-state index in [1.807, 2.05) is 18.2 Å². The van der Waals surface area contributed by atoms with Crippen LogP contribution in [0.5, 0.6) is 0 Å². The number of nitrogens with one attached hydrogen (secondary N) is 2. The number of ketones is 1. The van der Waals surface area contributed by atoms with Crippen LogP contribution in [0, 0.1) is 5.92 Å². The minimum absolute atomic E-state index is 0.0151. The first-order valence-corrected chi connectivity index (χ1v) is 10.8. The molecule has 2 aromatic heterocycles. The fraction of sp³-hybridized carbons (Fsp3) is 0.333. The molecule has 5 rings (SSSR count). The van der Waals surface area contributed by atoms with Gasteiger partial charge < -0.3 is 15.1 Å². The molecule has 2 N–H and O–H groups in total. The average Bonchev–Trinajstić information content (AvgIpc) is 3.24. The van der Waals surface area contributed by atoms with Gasteiger partial charge in [0.25, 0.3) is 5.91 Å². The number of pyridine rings is 1. The lowest BCUT2D eigenvalue weighted by molar-refractivity contribution is 0.0949. The molecule has 31 heavy (non-hydrogen) atoms. The zero-order valence-electron chi connectivity index (χ0n) is 17.2. The van der Waals surface area contributed by atoms with Crippen molar-refractivity contribution in [1.29, 1.82) is 0 Å². The van der Waals surface area contributed by atoms with Crippen molar-refractivity contribution in [2.24, 2.45) is 10.9 Å². The van der Waals surface area contributed by atoms with Crippen molar-refractivity contribution in [1.82, 2.24) is 15.6 Å². The monoisotopic (exact) mass is 416 g/mol. The first kappa shape index (κ1) is 19.6. The quantitative estimate of drug-likeness (QED) is 0.662. The maximum atomic E-state index is 12.8. The average molecular weight is 416 g/mol. The van der Waals surface area contributed by atoms with Crippen LogP contribution in [0.4, 0.5) is 5.69 Å². The molecule has 1 saturated heterocycles. The van der Waals surface area contributed by atoms with Crippen LogP contribution in [0.2, 0.25) is 0 Å². The predicted octanol–water partition coefficient (Wildman–Crippen LogP) is 3.65. The number of nitrogens with zero attached hydrogens (tertiary/aromatic N) is 2. The topological polar surface area (TPSA) is 96.6 Å². The van der Waals surface area contributed by atoms with E-state index in [0.717, 1.165) is 37.7 Å². The molecule has 0 spiro atoms. The molecule has 0 saturated carbocycles. The van der Waals surface area contributed by atoms with Crippen LogP contribution in [0.1, 0.15) is 52.2 Å². The second-order valence-electron chi connectivity index (χ2n) is 8.12. The number of amides is 1. The summed E-state index contributed by atoms with van der Waals surface area (Å²) in [6.45, 7) is 2.76. The van der Waals surface area contributed by atoms with Gasteiger partial charge in [-0.25, -0.2) is 4.99 Å². The Bertz CT molecular complexity index is 1170. The number of fused-ring (bicyclic) bond motifs is 2. The molecule has 158 valence electrons. The SMILES string of the molecule is O=C1CC(c2cc3cccc(C(=O)NCCC4CCNCC4)c3o2)=Nc2cnccc21. The van der Waals surface area contributed by atoms with Crippen molar-refractivity contribution in [3.05, 3.63) is 59.6 Å². The Hall–Kier alpha value is -3.32. The highest BCUT2D eigenvalue weighted by Crippen LogP contribution is 2.30. The predicted molar refractivity (Wildman–Crippen MR) is 118 cm³/mol. The molecule has 1 amide bonds. The maximum absolute atomic E-state index is 12.8. The van der Waals surface area contributed by atoms with Gasteiger partial charge in [0.15, 0.2) is 5.78 Å². The van der Waals surface area contributed by atoms with Gasteiger partial charge in [-0.05, 0) is 56.5 Å². The minimum Gasteiger partial charge on any atom is -0.454 e. The highest BCUT2D eigenvalue weighted by Gasteiger charge is 2.24. The second-order valence-corrected chi connectivity index (χ2v) is 8.12. The van der Waals surface area contributed by atoms with Crippen molar-refractivity contribution in [2.75, 3.05) is 19.6 Å². The molecule has 0 radical (unpaired) electrons. The third-order valence-corrected chi connectivity index (χ3v) is 6.05. The standard InChI is InChI=1S/C24H24N4O3/c29-21-13-19(28-20-14-26-10-7-17(20)21)22-12-16-2-1-3-18(23(16)31-22)24(30)27-11-6-15-4-8-25-9-5-15/h1-3,7,10,12,14-15,25H,4-6,8-9,11,13H2,(H,27,30). The second kappa shape index (κ2) is 8.43. The summed E-state index contributed by atoms with van der Waals surface area (Å²) in [6, 6.07) is 9.03. The van der Waals surface area contributed by atoms with E-state index in [1.54, 1.807) is 24.5 Å². The summed E-state index contributed by atoms with van der Waals surface area (Å²) >= 11 is 0. The van der Waals surface area contributed by atoms with Gasteiger partial charge in [0.2, 0.25) is 0 Å². The van der Waals surface area contributed by atoms with E-state index >= 15 is 0 Å². The van der Waals surface area contributed by atoms with Gasteiger partial charge in [0.1, 0.15) is 11.3 Å². The van der Waals surface area contributed by atoms with Gasteiger partial charge in [0.05, 0.1) is 29.6 Å². The lowest BCUT2D eigenvalue weighted by atomic mass is 9.95. The number of hydrogen-bond acceptors (Lipinski definition) is 6. The number of aliphatic imine (C=N–C) groups is 1. The number of aromatic nitrogens is 1. The third-order valence-electron chi connectivity index (χ3n) is 6.05. The number of rotatable bonds is 5. The number of piperidine rings is 1. The van der Waals surface area contributed by atoms with Crippen LogP contribution in [0.15, 0.2) is 52.1 Å². The number of carbonyl (C=O) groups excluding carboxylic acids is 2. The fourth-order valence-electron chi connectivity index (χ4n) is 4.33. The molecule has 0 aliphatic carbocycles. The van der Waals surface area contributed by atoms with Gasteiger partial charge in [-0.15, -0.1) is 0 Å². The molecular formula is C24H24N4O3. The maximum Gasteiger partial charge on any atom is 0.255 e. The summed E-state index contributed by atoms with van der Waals surface area (Å²) in [5, 5.41) is 7.21. The lowest BCUT2D eigenvalue weighted by Gasteiger charge is -2.22. The minimum atomic E-state index is -0.142. The largest absolute Gasteiger partial charge is 0.454 e. The van der Waals surface area contributed by atoms with E-state index in [-0.39, 0.29) is 18.1 Å². The van der Waals surface area contributed by atoms with Crippen molar-refractivity contribution in [3.8, 4) is 0 Å². The van der Waals surface area contributed by atoms with Gasteiger partial charge >= 0.3 is 0 Å². The zero-order valence-corrected chi connectivity index (χ0v) is 17.2. The van der Waals surface area contributed by atoms with Crippen LogP contribution in [0.25, 0.3) is 11.0 Å². The summed E-state index contributed by atoms with van der Waals surface area (Å²) < 4.78 is 6.05. The summed E-state index contributed by atoms with van der Waals surface area (Å²) in [5.41, 5.74) is 2.69. The van der Waals surface area contributed by atoms with E-state index in [0.29, 0.717) is 46.3 Å². The smallest absolute Gasteiger partial charge is 0.255 e. The first-order chi connectivity index (χ1) is 15.2. The number of benzene rings is 1. The molecule has 7 nitrogen and oxygen atoms in total. The third kappa shape index (κ3) is 4.01. The van der Waals surface area contributed by atoms with Crippen molar-refractivity contribution < 1.29 is 14.0 Å². The summed E-state index contributed by atoms with van der Waals surface area (Å²) in [7, 11) is 0. The Morgan fingerprint density at radius 3 is 2.97 bits per heavy atom. The van der Waals surface area contributed by atoms with Gasteiger partial charge in [0, 0.05) is 23.7 Å². The normalized spacial score (nSPS) is 16.8. The number of Topliss-reactive ketones (excluding diaryl/α,β-unsaturated/α-hetero) is 1. The van der Waals surface area contributed by atoms with Crippen LogP contribution < -0.4 is 10.6 Å². The van der Waals surface area contributed by atoms with Gasteiger partial charge in [-0.2, -0.15) is 0 Å². The molecule has 1 fully saturated rings. The van der Waals surface area contributed by atoms with E-state index in [1.165, 1.54) is 0 Å². The number of hydrogen-bond donors (Lipinski definition) is 2. The molecule has 0 bridgehead atoms. The Morgan fingerprint density at radius 2 is 2.10 bits per heavy atom. The molecule has 0 unspecified atom stereocenters. The van der Waals surface area contributed by atoms with E-state index in [4.69, 9.17) is 4.42 Å². The molecule has 2 aliphatic heterocycles. The number of furan rings is 1. The van der Waals surface area contributed by atoms with Gasteiger partial charge in [-0.1, -0.05) is 12.1 Å². The lowest BCUT2D eigenvalue weighted by Crippen LogP contribution is -2.31. The summed E-state index contributed by atoms with van der Waals surface area (Å²) in [5.74, 6) is 1.01. The highest BCUT2D eigenvalue weighted by molar-refractivity contribution is 6.20. The Balaban J connectivity index is 1.36. The molecule has 4 heterocycles. The van der Waals surface area contributed by atoms with E-state index < -0.39 is 0 Å². The van der Waals surface area contributed by atoms with Crippen molar-refractivity contribution in [3.63, 3.8) is 0 Å². The Kier molecular flexibility index (Phi) is 5.34. The first-order valence-electron chi connectivity index (χ1n) is 10.8. The summed E-state index contributed by atoms with van der Waals surface area (Å²) in [4.78, 5) is 33.9. The van der Waals surface area contributed by atoms with Crippen molar-refractivity contribution >= 4 is 34.1 Å². The Labute approximate surface area is 180 Å². The molecular weight excluding hydrogens is 392 g/mol. The number of para-hydroxylation sites is 1. The molecule has 2 aliphatic rings. The zero-order chi connectivity index (χ0) is 21.2. The van der Waals surface area contributed by atoms with E-state index in [9.17, 15) is 9.59 Å². The van der Waals surface area contributed by atoms with Crippen molar-refractivity contribution in [2.45, 2.75) is 25.7 Å². The highest BCUT2D eigenvalue weighted by atomic mass is 16.3. The van der Waals surface area contributed by atoms with Gasteiger partial charge in [-0.3, -0.25) is 14.6 Å².